The lowest BCUT2D eigenvalue weighted by Crippen LogP contribution is -2.29. The van der Waals surface area contributed by atoms with E-state index >= 15 is 0 Å². The minimum absolute atomic E-state index is 0.157. The fourth-order valence-corrected chi connectivity index (χ4v) is 8.97. The Morgan fingerprint density at radius 2 is 1.47 bits per heavy atom. The first kappa shape index (κ1) is 29.2. The van der Waals surface area contributed by atoms with E-state index in [1.165, 1.54) is 42.1 Å². The molecule has 0 radical (unpaired) electrons. The summed E-state index contributed by atoms with van der Waals surface area (Å²) in [7, 11) is -0.257. The Kier molecular flexibility index (Phi) is 7.63. The number of rotatable bonds is 8. The summed E-state index contributed by atoms with van der Waals surface area (Å²) in [4.78, 5) is 17.0. The normalized spacial score (nSPS) is 15.0. The van der Waals surface area contributed by atoms with Gasteiger partial charge in [0.25, 0.3) is 0 Å². The van der Waals surface area contributed by atoms with Gasteiger partial charge in [-0.25, -0.2) is 4.79 Å². The highest BCUT2D eigenvalue weighted by molar-refractivity contribution is 7.97. The van der Waals surface area contributed by atoms with Crippen molar-refractivity contribution in [3.05, 3.63) is 143 Å². The number of carbonyl (C=O) groups excluding carboxylic acids is 1. The molecule has 4 heteroatoms. The van der Waals surface area contributed by atoms with Crippen LogP contribution < -0.4 is 4.74 Å². The van der Waals surface area contributed by atoms with Crippen LogP contribution >= 0.6 is 0 Å². The monoisotopic (exact) mass is 609 g/mol. The van der Waals surface area contributed by atoms with Gasteiger partial charge in [0.15, 0.2) is 21.3 Å². The molecule has 0 heterocycles. The molecule has 3 nitrogen and oxygen atoms in total. The molecule has 0 N–H and O–H groups in total. The number of carbonyl (C=O) groups is 1. The van der Waals surface area contributed by atoms with E-state index in [1.807, 2.05) is 27.7 Å². The van der Waals surface area contributed by atoms with Crippen molar-refractivity contribution in [1.29, 1.82) is 0 Å². The lowest BCUT2D eigenvalue weighted by molar-refractivity contribution is -0.159. The van der Waals surface area contributed by atoms with Crippen molar-refractivity contribution in [2.45, 2.75) is 60.3 Å². The van der Waals surface area contributed by atoms with Gasteiger partial charge >= 0.3 is 5.97 Å². The van der Waals surface area contributed by atoms with E-state index in [9.17, 15) is 4.79 Å². The van der Waals surface area contributed by atoms with E-state index in [0.717, 1.165) is 28.9 Å². The summed E-state index contributed by atoms with van der Waals surface area (Å²) in [5.74, 6) is 0.766. The number of allylic oxidation sites excluding steroid dienone is 2. The van der Waals surface area contributed by atoms with Gasteiger partial charge in [0.1, 0.15) is 11.4 Å². The zero-order chi connectivity index (χ0) is 31.1. The Morgan fingerprint density at radius 3 is 2.13 bits per heavy atom. The van der Waals surface area contributed by atoms with Crippen molar-refractivity contribution in [3.8, 4) is 5.75 Å². The van der Waals surface area contributed by atoms with Crippen molar-refractivity contribution in [3.63, 3.8) is 0 Å². The zero-order valence-corrected chi connectivity index (χ0v) is 27.0. The standard InChI is InChI=1S/C41H37O3S/c1-27-22-36(45(34-14-7-5-8-15-34)35-16-9-6-10-17-35)23-28(2)40(27)43-26-37(42)44-41(3,4)33-24-31-20-18-29-12-11-13-30-19-21-32(25-33)39(31)38(29)30/h5-12,14-25,30H,13,26H2,1-4H3/q+1. The Hall–Kier alpha value is -4.54. The number of hydrogen-bond acceptors (Lipinski definition) is 3. The van der Waals surface area contributed by atoms with Crippen molar-refractivity contribution in [2.75, 3.05) is 6.61 Å². The Labute approximate surface area is 268 Å². The molecule has 1 atom stereocenters. The molecule has 0 amide bonds. The second-order valence-electron chi connectivity index (χ2n) is 12.4. The molecule has 0 bridgehead atoms. The third-order valence-corrected chi connectivity index (χ3v) is 11.0. The molecule has 224 valence electrons. The molecule has 2 aliphatic carbocycles. The molecule has 1 unspecified atom stereocenters. The molecule has 0 fully saturated rings. The highest BCUT2D eigenvalue weighted by atomic mass is 32.2. The van der Waals surface area contributed by atoms with Crippen LogP contribution in [0.4, 0.5) is 0 Å². The summed E-state index contributed by atoms with van der Waals surface area (Å²) in [6.07, 6.45) is 10.1. The molecular weight excluding hydrogens is 573 g/mol. The fourth-order valence-electron chi connectivity index (χ4n) is 6.70. The molecule has 7 rings (SSSR count). The lowest BCUT2D eigenvalue weighted by Gasteiger charge is -2.30. The van der Waals surface area contributed by atoms with Crippen molar-refractivity contribution in [2.24, 2.45) is 0 Å². The molecule has 5 aromatic carbocycles. The van der Waals surface area contributed by atoms with E-state index in [-0.39, 0.29) is 17.5 Å². The highest BCUT2D eigenvalue weighted by Gasteiger charge is 2.31. The number of aryl methyl sites for hydroxylation is 2. The van der Waals surface area contributed by atoms with Crippen molar-refractivity contribution >= 4 is 39.8 Å². The van der Waals surface area contributed by atoms with Crippen LogP contribution in [0.5, 0.6) is 5.75 Å². The van der Waals surface area contributed by atoms with Gasteiger partial charge in [0.2, 0.25) is 0 Å². The van der Waals surface area contributed by atoms with Crippen molar-refractivity contribution < 1.29 is 14.3 Å². The Bertz CT molecular complexity index is 1910. The Balaban J connectivity index is 1.10. The minimum Gasteiger partial charge on any atom is -0.481 e. The largest absolute Gasteiger partial charge is 0.481 e. The summed E-state index contributed by atoms with van der Waals surface area (Å²) in [6.45, 7) is 7.84. The molecule has 0 saturated heterocycles. The van der Waals surface area contributed by atoms with E-state index in [0.29, 0.717) is 5.92 Å². The van der Waals surface area contributed by atoms with Crippen LogP contribution in [-0.4, -0.2) is 12.6 Å². The molecule has 0 aliphatic heterocycles. The SMILES string of the molecule is Cc1cc([S+](c2ccccc2)c2ccccc2)cc(C)c1OCC(=O)OC(C)(C)c1cc2c3c4c(ccc3c1)C=CCC4C=C2. The number of ether oxygens (including phenoxy) is 2. The van der Waals surface area contributed by atoms with E-state index in [2.05, 4.69) is 121 Å². The lowest BCUT2D eigenvalue weighted by atomic mass is 9.77. The van der Waals surface area contributed by atoms with Crippen molar-refractivity contribution in [1.82, 2.24) is 0 Å². The van der Waals surface area contributed by atoms with Gasteiger partial charge < -0.3 is 9.47 Å². The second kappa shape index (κ2) is 11.8. The highest BCUT2D eigenvalue weighted by Crippen LogP contribution is 2.43. The maximum atomic E-state index is 13.2. The van der Waals surface area contributed by atoms with Gasteiger partial charge in [-0.2, -0.15) is 0 Å². The molecule has 0 aromatic heterocycles. The fraction of sp³-hybridized carbons (Fsp3) is 0.195. The molecular formula is C41H37O3S+. The maximum absolute atomic E-state index is 13.2. The first-order chi connectivity index (χ1) is 21.8. The maximum Gasteiger partial charge on any atom is 0.345 e. The van der Waals surface area contributed by atoms with Gasteiger partial charge in [-0.3, -0.25) is 0 Å². The number of benzene rings is 5. The molecule has 2 aliphatic rings. The summed E-state index contributed by atoms with van der Waals surface area (Å²) in [5, 5.41) is 2.50. The third-order valence-electron chi connectivity index (χ3n) is 8.81. The molecule has 5 aromatic rings. The molecule has 0 spiro atoms. The van der Waals surface area contributed by atoms with Gasteiger partial charge in [0, 0.05) is 18.1 Å². The quantitative estimate of drug-likeness (QED) is 0.130. The van der Waals surface area contributed by atoms with Gasteiger partial charge in [0.05, 0.1) is 10.9 Å². The van der Waals surface area contributed by atoms with Gasteiger partial charge in [-0.05, 0) is 115 Å². The summed E-state index contributed by atoms with van der Waals surface area (Å²) in [5.41, 5.74) is 6.05. The first-order valence-electron chi connectivity index (χ1n) is 15.5. The molecule has 0 saturated carbocycles. The van der Waals surface area contributed by atoms with Crippen LogP contribution in [-0.2, 0) is 26.0 Å². The minimum atomic E-state index is -0.820. The van der Waals surface area contributed by atoms with Crippen LogP contribution in [0.1, 0.15) is 59.6 Å². The summed E-state index contributed by atoms with van der Waals surface area (Å²) >= 11 is 0. The van der Waals surface area contributed by atoms with Gasteiger partial charge in [-0.15, -0.1) is 0 Å². The number of hydrogen-bond donors (Lipinski definition) is 0. The third kappa shape index (κ3) is 5.60. The van der Waals surface area contributed by atoms with Crippen LogP contribution in [0, 0.1) is 13.8 Å². The predicted molar refractivity (Wildman–Crippen MR) is 185 cm³/mol. The molecule has 45 heavy (non-hydrogen) atoms. The predicted octanol–water partition coefficient (Wildman–Crippen LogP) is 9.94. The van der Waals surface area contributed by atoms with E-state index < -0.39 is 11.6 Å². The Morgan fingerprint density at radius 1 is 0.800 bits per heavy atom. The zero-order valence-electron chi connectivity index (χ0n) is 26.2. The second-order valence-corrected chi connectivity index (χ2v) is 14.5. The average molecular weight is 610 g/mol. The summed E-state index contributed by atoms with van der Waals surface area (Å²) in [6, 6.07) is 34.3. The average Bonchev–Trinajstić information content (AvgIpc) is 3.04. The van der Waals surface area contributed by atoms with Crippen LogP contribution in [0.3, 0.4) is 0 Å². The topological polar surface area (TPSA) is 35.5 Å². The van der Waals surface area contributed by atoms with E-state index in [4.69, 9.17) is 9.47 Å². The van der Waals surface area contributed by atoms with Gasteiger partial charge in [-0.1, -0.05) is 72.8 Å². The van der Waals surface area contributed by atoms with Crippen LogP contribution in [0.25, 0.3) is 22.9 Å². The van der Waals surface area contributed by atoms with E-state index in [1.54, 1.807) is 0 Å². The number of esters is 1. The summed E-state index contributed by atoms with van der Waals surface area (Å²) < 4.78 is 12.2. The van der Waals surface area contributed by atoms with Crippen LogP contribution in [0.15, 0.2) is 124 Å². The smallest absolute Gasteiger partial charge is 0.345 e. The van der Waals surface area contributed by atoms with Crippen LogP contribution in [0.2, 0.25) is 0 Å². The first-order valence-corrected chi connectivity index (χ1v) is 16.8.